The van der Waals surface area contributed by atoms with Gasteiger partial charge in [-0.25, -0.2) is 0 Å². The zero-order valence-corrected chi connectivity index (χ0v) is 20.9. The summed E-state index contributed by atoms with van der Waals surface area (Å²) < 4.78 is 32.6. The van der Waals surface area contributed by atoms with Crippen LogP contribution >= 0.6 is 0 Å². The molecule has 0 radical (unpaired) electrons. The maximum Gasteiger partial charge on any atom is 0.229 e. The van der Waals surface area contributed by atoms with Crippen LogP contribution in [-0.2, 0) is 14.2 Å². The van der Waals surface area contributed by atoms with Crippen LogP contribution in [0.3, 0.4) is 0 Å². The SMILES string of the molecule is COc1cc(O)c2c(=O)c3c(O[C@@H]4O[C@H](CO[C@@H]5OC[C@@H](O)[C@H](O)[C@H]5O)[C@@H](O)[C@H](O)[C@H]4O)c(O)ccc3oc2c1. The van der Waals surface area contributed by atoms with Gasteiger partial charge in [0, 0.05) is 12.1 Å². The minimum absolute atomic E-state index is 0.0135. The van der Waals surface area contributed by atoms with E-state index in [0.29, 0.717) is 0 Å². The van der Waals surface area contributed by atoms with Gasteiger partial charge in [0.1, 0.15) is 76.2 Å². The zero-order chi connectivity index (χ0) is 28.9. The summed E-state index contributed by atoms with van der Waals surface area (Å²) in [5, 5.41) is 81.3. The Labute approximate surface area is 224 Å². The van der Waals surface area contributed by atoms with Crippen molar-refractivity contribution in [2.75, 3.05) is 20.3 Å². The van der Waals surface area contributed by atoms with Gasteiger partial charge in [0.05, 0.1) is 20.3 Å². The maximum atomic E-state index is 13.4. The Kier molecular flexibility index (Phi) is 7.75. The first kappa shape index (κ1) is 28.3. The largest absolute Gasteiger partial charge is 0.507 e. The number of ether oxygens (including phenoxy) is 5. The standard InChI is InChI=1S/C25H28O15/c1-35-8-4-10(27)15-13(5-8)38-12-3-2-9(26)23(16(12)19(15)31)40-25-22(34)20(32)18(30)14(39-25)7-37-24-21(33)17(29)11(28)6-36-24/h2-5,11,14,17-18,20-22,24-30,32-34H,6-7H2,1H3/t11-,14-,17+,18-,20+,21-,22-,24+,25+/m1/s1. The van der Waals surface area contributed by atoms with E-state index in [1.165, 1.54) is 25.3 Å². The number of aliphatic hydroxyl groups is 6. The highest BCUT2D eigenvalue weighted by atomic mass is 16.7. The molecule has 2 aliphatic heterocycles. The van der Waals surface area contributed by atoms with E-state index >= 15 is 0 Å². The summed E-state index contributed by atoms with van der Waals surface area (Å²) in [6, 6.07) is 5.00. The molecule has 5 rings (SSSR count). The first-order chi connectivity index (χ1) is 19.0. The smallest absolute Gasteiger partial charge is 0.229 e. The van der Waals surface area contributed by atoms with Gasteiger partial charge in [-0.3, -0.25) is 4.79 Å². The number of hydrogen-bond acceptors (Lipinski definition) is 15. The average molecular weight is 568 g/mol. The van der Waals surface area contributed by atoms with E-state index in [9.17, 15) is 45.6 Å². The summed E-state index contributed by atoms with van der Waals surface area (Å²) in [5.41, 5.74) is -0.870. The number of phenols is 2. The van der Waals surface area contributed by atoms with E-state index in [1.54, 1.807) is 0 Å². The van der Waals surface area contributed by atoms with Crippen molar-refractivity contribution in [2.24, 2.45) is 0 Å². The molecule has 0 saturated carbocycles. The van der Waals surface area contributed by atoms with Gasteiger partial charge in [-0.1, -0.05) is 0 Å². The van der Waals surface area contributed by atoms with Gasteiger partial charge < -0.3 is 69.0 Å². The Bertz CT molecular complexity index is 1440. The van der Waals surface area contributed by atoms with E-state index in [2.05, 4.69) is 0 Å². The molecule has 1 aromatic heterocycles. The maximum absolute atomic E-state index is 13.4. The lowest BCUT2D eigenvalue weighted by Gasteiger charge is -2.41. The van der Waals surface area contributed by atoms with Crippen molar-refractivity contribution in [3.05, 3.63) is 34.5 Å². The molecule has 0 aliphatic carbocycles. The fraction of sp³-hybridized carbons (Fsp3) is 0.480. The molecule has 2 fully saturated rings. The molecular formula is C25H28O15. The molecule has 2 aliphatic rings. The topological polar surface area (TPSA) is 238 Å². The molecule has 2 saturated heterocycles. The van der Waals surface area contributed by atoms with Crippen LogP contribution in [0.2, 0.25) is 0 Å². The number of rotatable bonds is 6. The van der Waals surface area contributed by atoms with Crippen LogP contribution in [0.15, 0.2) is 33.5 Å². The Morgan fingerprint density at radius 2 is 1.57 bits per heavy atom. The van der Waals surface area contributed by atoms with Crippen LogP contribution in [0.25, 0.3) is 21.9 Å². The highest BCUT2D eigenvalue weighted by Gasteiger charge is 2.47. The number of methoxy groups -OCH3 is 1. The van der Waals surface area contributed by atoms with Crippen LogP contribution in [0.5, 0.6) is 23.0 Å². The predicted octanol–water partition coefficient (Wildman–Crippen LogP) is -1.99. The summed E-state index contributed by atoms with van der Waals surface area (Å²) in [7, 11) is 1.36. The molecule has 3 heterocycles. The average Bonchev–Trinajstić information content (AvgIpc) is 2.93. The minimum atomic E-state index is -1.88. The molecule has 0 unspecified atom stereocenters. The molecule has 15 heteroatoms. The van der Waals surface area contributed by atoms with Gasteiger partial charge >= 0.3 is 0 Å². The fourth-order valence-corrected chi connectivity index (χ4v) is 4.60. The van der Waals surface area contributed by atoms with Crippen LogP contribution in [0.4, 0.5) is 0 Å². The van der Waals surface area contributed by atoms with Crippen LogP contribution < -0.4 is 14.9 Å². The molecule has 218 valence electrons. The molecule has 15 nitrogen and oxygen atoms in total. The quantitative estimate of drug-likeness (QED) is 0.150. The summed E-state index contributed by atoms with van der Waals surface area (Å²) in [6.45, 7) is -0.886. The summed E-state index contributed by atoms with van der Waals surface area (Å²) in [5.74, 6) is -1.31. The number of hydrogen-bond donors (Lipinski definition) is 8. The fourth-order valence-electron chi connectivity index (χ4n) is 4.60. The van der Waals surface area contributed by atoms with Gasteiger partial charge in [0.2, 0.25) is 11.7 Å². The van der Waals surface area contributed by atoms with E-state index in [1.807, 2.05) is 0 Å². The third-order valence-corrected chi connectivity index (χ3v) is 6.84. The molecule has 2 aromatic carbocycles. The van der Waals surface area contributed by atoms with Crippen molar-refractivity contribution in [1.29, 1.82) is 0 Å². The van der Waals surface area contributed by atoms with Gasteiger partial charge in [0.25, 0.3) is 0 Å². The van der Waals surface area contributed by atoms with Crippen LogP contribution in [0, 0.1) is 0 Å². The summed E-state index contributed by atoms with van der Waals surface area (Å²) in [4.78, 5) is 13.4. The second-order valence-electron chi connectivity index (χ2n) is 9.45. The summed E-state index contributed by atoms with van der Waals surface area (Å²) >= 11 is 0. The zero-order valence-electron chi connectivity index (χ0n) is 20.9. The second kappa shape index (κ2) is 11.0. The third kappa shape index (κ3) is 4.91. The number of benzene rings is 2. The molecule has 3 aromatic rings. The monoisotopic (exact) mass is 568 g/mol. The Morgan fingerprint density at radius 3 is 2.30 bits per heavy atom. The lowest BCUT2D eigenvalue weighted by Crippen LogP contribution is -2.61. The van der Waals surface area contributed by atoms with E-state index in [4.69, 9.17) is 28.1 Å². The Balaban J connectivity index is 1.44. The number of aromatic hydroxyl groups is 2. The van der Waals surface area contributed by atoms with Gasteiger partial charge in [-0.15, -0.1) is 0 Å². The Morgan fingerprint density at radius 1 is 0.850 bits per heavy atom. The normalized spacial score (nSPS) is 32.8. The molecule has 0 spiro atoms. The number of aliphatic hydroxyl groups excluding tert-OH is 6. The third-order valence-electron chi connectivity index (χ3n) is 6.84. The van der Waals surface area contributed by atoms with Gasteiger partial charge in [-0.05, 0) is 12.1 Å². The van der Waals surface area contributed by atoms with Crippen molar-refractivity contribution in [2.45, 2.75) is 55.3 Å². The minimum Gasteiger partial charge on any atom is -0.507 e. The summed E-state index contributed by atoms with van der Waals surface area (Å²) in [6.07, 6.45) is -14.5. The second-order valence-corrected chi connectivity index (χ2v) is 9.45. The van der Waals surface area contributed by atoms with E-state index in [0.717, 1.165) is 6.07 Å². The lowest BCUT2D eigenvalue weighted by atomic mass is 9.99. The van der Waals surface area contributed by atoms with Crippen molar-refractivity contribution in [3.8, 4) is 23.0 Å². The first-order valence-electron chi connectivity index (χ1n) is 12.1. The van der Waals surface area contributed by atoms with Crippen molar-refractivity contribution in [1.82, 2.24) is 0 Å². The highest BCUT2D eigenvalue weighted by molar-refractivity contribution is 5.97. The highest BCUT2D eigenvalue weighted by Crippen LogP contribution is 2.39. The molecule has 40 heavy (non-hydrogen) atoms. The van der Waals surface area contributed by atoms with E-state index in [-0.39, 0.29) is 34.3 Å². The van der Waals surface area contributed by atoms with Gasteiger partial charge in [-0.2, -0.15) is 0 Å². The molecule has 9 atom stereocenters. The van der Waals surface area contributed by atoms with Crippen molar-refractivity contribution < 1.29 is 69.0 Å². The molecule has 8 N–H and O–H groups in total. The number of phenolic OH excluding ortho intramolecular Hbond substituents is 2. The van der Waals surface area contributed by atoms with E-state index < -0.39 is 84.6 Å². The van der Waals surface area contributed by atoms with Crippen LogP contribution in [-0.4, -0.2) is 116 Å². The predicted molar refractivity (Wildman–Crippen MR) is 131 cm³/mol. The molecule has 0 amide bonds. The Hall–Kier alpha value is -3.25. The number of fused-ring (bicyclic) bond motifs is 2. The van der Waals surface area contributed by atoms with Crippen LogP contribution in [0.1, 0.15) is 0 Å². The van der Waals surface area contributed by atoms with Crippen molar-refractivity contribution >= 4 is 21.9 Å². The molecular weight excluding hydrogens is 540 g/mol. The molecule has 0 bridgehead atoms. The van der Waals surface area contributed by atoms with Gasteiger partial charge in [0.15, 0.2) is 17.8 Å². The van der Waals surface area contributed by atoms with Crippen molar-refractivity contribution in [3.63, 3.8) is 0 Å². The lowest BCUT2D eigenvalue weighted by molar-refractivity contribution is -0.307. The first-order valence-corrected chi connectivity index (χ1v) is 12.1.